The fraction of sp³-hybridized carbons (Fsp3) is 0.625. The molecule has 0 saturated heterocycles. The minimum Gasteiger partial charge on any atom is -0.359 e. The molecule has 0 saturated carbocycles. The van der Waals surface area contributed by atoms with E-state index in [2.05, 4.69) is 17.2 Å². The van der Waals surface area contributed by atoms with E-state index in [0.29, 0.717) is 11.9 Å². The third kappa shape index (κ3) is 2.99. The lowest BCUT2D eigenvalue weighted by Gasteiger charge is -2.13. The summed E-state index contributed by atoms with van der Waals surface area (Å²) in [5.41, 5.74) is 0. The molecule has 0 aliphatic rings. The first-order valence-corrected chi connectivity index (χ1v) is 5.50. The summed E-state index contributed by atoms with van der Waals surface area (Å²) in [7, 11) is 0. The van der Waals surface area contributed by atoms with Crippen molar-refractivity contribution in [2.75, 3.05) is 11.2 Å². The Morgan fingerprint density at radius 1 is 1.75 bits per heavy atom. The molecule has 0 spiro atoms. The van der Waals surface area contributed by atoms with Gasteiger partial charge in [0.05, 0.1) is 0 Å². The largest absolute Gasteiger partial charge is 0.359 e. The highest BCUT2D eigenvalue weighted by molar-refractivity contribution is 7.13. The SMILES string of the molecule is CCC(CCCl)Nc1nccs1. The molecule has 0 aliphatic carbocycles. The molecule has 0 bridgehead atoms. The topological polar surface area (TPSA) is 24.9 Å². The lowest BCUT2D eigenvalue weighted by Crippen LogP contribution is -2.18. The molecular formula is C8H13ClN2S. The van der Waals surface area contributed by atoms with Crippen LogP contribution < -0.4 is 5.32 Å². The Hall–Kier alpha value is -0.280. The zero-order valence-electron chi connectivity index (χ0n) is 7.09. The summed E-state index contributed by atoms with van der Waals surface area (Å²) in [5, 5.41) is 6.29. The lowest BCUT2D eigenvalue weighted by molar-refractivity contribution is 0.674. The number of halogens is 1. The molecule has 2 nitrogen and oxygen atoms in total. The number of rotatable bonds is 5. The standard InChI is InChI=1S/C8H13ClN2S/c1-2-7(3-4-9)11-8-10-5-6-12-8/h5-7H,2-4H2,1H3,(H,10,11). The highest BCUT2D eigenvalue weighted by Gasteiger charge is 2.05. The molecule has 12 heavy (non-hydrogen) atoms. The highest BCUT2D eigenvalue weighted by atomic mass is 35.5. The summed E-state index contributed by atoms with van der Waals surface area (Å²) in [5.74, 6) is 0.705. The molecule has 4 heteroatoms. The van der Waals surface area contributed by atoms with Crippen LogP contribution >= 0.6 is 22.9 Å². The van der Waals surface area contributed by atoms with Crippen molar-refractivity contribution in [3.63, 3.8) is 0 Å². The Kier molecular flexibility index (Phi) is 4.40. The summed E-state index contributed by atoms with van der Waals surface area (Å²) < 4.78 is 0. The maximum atomic E-state index is 5.66. The zero-order chi connectivity index (χ0) is 8.81. The number of hydrogen-bond acceptors (Lipinski definition) is 3. The molecule has 0 fully saturated rings. The molecule has 1 aromatic heterocycles. The number of nitrogens with one attached hydrogen (secondary N) is 1. The number of nitrogens with zero attached hydrogens (tertiary/aromatic N) is 1. The second kappa shape index (κ2) is 5.38. The smallest absolute Gasteiger partial charge is 0.182 e. The van der Waals surface area contributed by atoms with Gasteiger partial charge in [0.2, 0.25) is 0 Å². The van der Waals surface area contributed by atoms with Crippen LogP contribution in [0.4, 0.5) is 5.13 Å². The molecule has 1 unspecified atom stereocenters. The van der Waals surface area contributed by atoms with Gasteiger partial charge >= 0.3 is 0 Å². The predicted octanol–water partition coefficient (Wildman–Crippen LogP) is 2.96. The van der Waals surface area contributed by atoms with Crippen LogP contribution in [-0.2, 0) is 0 Å². The van der Waals surface area contributed by atoms with E-state index in [0.717, 1.165) is 18.0 Å². The molecule has 0 amide bonds. The number of hydrogen-bond donors (Lipinski definition) is 1. The Balaban J connectivity index is 2.37. The molecule has 0 radical (unpaired) electrons. The quantitative estimate of drug-likeness (QED) is 0.747. The molecule has 1 heterocycles. The highest BCUT2D eigenvalue weighted by Crippen LogP contribution is 2.14. The van der Waals surface area contributed by atoms with E-state index in [1.807, 2.05) is 5.38 Å². The predicted molar refractivity (Wildman–Crippen MR) is 55.2 cm³/mol. The first-order chi connectivity index (χ1) is 5.86. The van der Waals surface area contributed by atoms with Gasteiger partial charge < -0.3 is 5.32 Å². The Morgan fingerprint density at radius 2 is 2.58 bits per heavy atom. The Labute approximate surface area is 82.0 Å². The number of alkyl halides is 1. The molecule has 1 atom stereocenters. The molecule has 68 valence electrons. The molecule has 0 aromatic carbocycles. The Bertz CT molecular complexity index is 201. The van der Waals surface area contributed by atoms with Gasteiger partial charge in [-0.15, -0.1) is 22.9 Å². The first-order valence-electron chi connectivity index (χ1n) is 4.08. The van der Waals surface area contributed by atoms with E-state index in [4.69, 9.17) is 11.6 Å². The van der Waals surface area contributed by atoms with Gasteiger partial charge in [0, 0.05) is 23.5 Å². The van der Waals surface area contributed by atoms with Crippen LogP contribution in [0.3, 0.4) is 0 Å². The lowest BCUT2D eigenvalue weighted by atomic mass is 10.2. The fourth-order valence-corrected chi connectivity index (χ4v) is 1.85. The van der Waals surface area contributed by atoms with Crippen LogP contribution in [0.15, 0.2) is 11.6 Å². The van der Waals surface area contributed by atoms with Gasteiger partial charge in [-0.2, -0.15) is 0 Å². The van der Waals surface area contributed by atoms with Gasteiger partial charge in [-0.25, -0.2) is 4.98 Å². The van der Waals surface area contributed by atoms with Crippen LogP contribution in [0.25, 0.3) is 0 Å². The van der Waals surface area contributed by atoms with Crippen LogP contribution in [0.1, 0.15) is 19.8 Å². The van der Waals surface area contributed by atoms with Crippen molar-refractivity contribution in [1.29, 1.82) is 0 Å². The van der Waals surface area contributed by atoms with Crippen molar-refractivity contribution in [2.45, 2.75) is 25.8 Å². The summed E-state index contributed by atoms with van der Waals surface area (Å²) in [6.07, 6.45) is 3.89. The monoisotopic (exact) mass is 204 g/mol. The van der Waals surface area contributed by atoms with E-state index in [1.54, 1.807) is 17.5 Å². The maximum Gasteiger partial charge on any atom is 0.182 e. The van der Waals surface area contributed by atoms with E-state index in [1.165, 1.54) is 0 Å². The summed E-state index contributed by atoms with van der Waals surface area (Å²) in [6.45, 7) is 2.15. The molecule has 1 N–H and O–H groups in total. The van der Waals surface area contributed by atoms with E-state index in [-0.39, 0.29) is 0 Å². The first kappa shape index (κ1) is 9.81. The number of aromatic nitrogens is 1. The number of anilines is 1. The van der Waals surface area contributed by atoms with Crippen molar-refractivity contribution >= 4 is 28.1 Å². The second-order valence-corrected chi connectivity index (χ2v) is 3.84. The average Bonchev–Trinajstić information content (AvgIpc) is 2.56. The van der Waals surface area contributed by atoms with Gasteiger partial charge in [-0.1, -0.05) is 6.92 Å². The minimum absolute atomic E-state index is 0.466. The van der Waals surface area contributed by atoms with Crippen molar-refractivity contribution < 1.29 is 0 Å². The van der Waals surface area contributed by atoms with Crippen molar-refractivity contribution in [2.24, 2.45) is 0 Å². The van der Waals surface area contributed by atoms with Crippen molar-refractivity contribution in [3.05, 3.63) is 11.6 Å². The normalized spacial score (nSPS) is 12.8. The van der Waals surface area contributed by atoms with Crippen LogP contribution in [0.5, 0.6) is 0 Å². The summed E-state index contributed by atoms with van der Waals surface area (Å²) >= 11 is 7.29. The molecule has 1 rings (SSSR count). The average molecular weight is 205 g/mol. The Morgan fingerprint density at radius 3 is 3.08 bits per heavy atom. The minimum atomic E-state index is 0.466. The van der Waals surface area contributed by atoms with E-state index < -0.39 is 0 Å². The molecule has 1 aromatic rings. The third-order valence-electron chi connectivity index (χ3n) is 1.71. The third-order valence-corrected chi connectivity index (χ3v) is 2.63. The van der Waals surface area contributed by atoms with Crippen LogP contribution in [0, 0.1) is 0 Å². The van der Waals surface area contributed by atoms with Gasteiger partial charge in [-0.3, -0.25) is 0 Å². The summed E-state index contributed by atoms with van der Waals surface area (Å²) in [4.78, 5) is 4.15. The molecular weight excluding hydrogens is 192 g/mol. The maximum absolute atomic E-state index is 5.66. The van der Waals surface area contributed by atoms with Crippen LogP contribution in [0.2, 0.25) is 0 Å². The van der Waals surface area contributed by atoms with E-state index >= 15 is 0 Å². The zero-order valence-corrected chi connectivity index (χ0v) is 8.66. The second-order valence-electron chi connectivity index (χ2n) is 2.56. The van der Waals surface area contributed by atoms with Crippen molar-refractivity contribution in [3.8, 4) is 0 Å². The van der Waals surface area contributed by atoms with E-state index in [9.17, 15) is 0 Å². The summed E-state index contributed by atoms with van der Waals surface area (Å²) in [6, 6.07) is 0.466. The fourth-order valence-electron chi connectivity index (χ4n) is 0.979. The van der Waals surface area contributed by atoms with Gasteiger partial charge in [0.25, 0.3) is 0 Å². The van der Waals surface area contributed by atoms with Crippen molar-refractivity contribution in [1.82, 2.24) is 4.98 Å². The number of thiazole rings is 1. The van der Waals surface area contributed by atoms with Gasteiger partial charge in [0.15, 0.2) is 5.13 Å². The van der Waals surface area contributed by atoms with Gasteiger partial charge in [0.1, 0.15) is 0 Å². The van der Waals surface area contributed by atoms with Gasteiger partial charge in [-0.05, 0) is 12.8 Å². The molecule has 0 aliphatic heterocycles. The van der Waals surface area contributed by atoms with Crippen LogP contribution in [-0.4, -0.2) is 16.9 Å².